The van der Waals surface area contributed by atoms with Crippen molar-refractivity contribution >= 4 is 17.4 Å². The van der Waals surface area contributed by atoms with E-state index in [1.54, 1.807) is 19.1 Å². The van der Waals surface area contributed by atoms with Crippen LogP contribution in [0.3, 0.4) is 0 Å². The summed E-state index contributed by atoms with van der Waals surface area (Å²) < 4.78 is 18.3. The molecule has 4 heteroatoms. The molecule has 0 atom stereocenters. The molecule has 0 heterocycles. The lowest BCUT2D eigenvalue weighted by Crippen LogP contribution is -2.12. The SMILES string of the molecule is CCOCC(=O)Cc1cccc(Cl)c1F. The zero-order chi connectivity index (χ0) is 11.3. The van der Waals surface area contributed by atoms with E-state index in [0.717, 1.165) is 0 Å². The van der Waals surface area contributed by atoms with Crippen molar-refractivity contribution in [3.8, 4) is 0 Å². The first-order valence-electron chi connectivity index (χ1n) is 4.67. The molecular formula is C11H12ClFO2. The van der Waals surface area contributed by atoms with Crippen molar-refractivity contribution in [1.82, 2.24) is 0 Å². The van der Waals surface area contributed by atoms with Gasteiger partial charge in [-0.3, -0.25) is 4.79 Å². The molecule has 0 aliphatic heterocycles. The Morgan fingerprint density at radius 3 is 2.93 bits per heavy atom. The van der Waals surface area contributed by atoms with Gasteiger partial charge in [-0.25, -0.2) is 4.39 Å². The number of rotatable bonds is 5. The van der Waals surface area contributed by atoms with Gasteiger partial charge < -0.3 is 4.74 Å². The van der Waals surface area contributed by atoms with Crippen molar-refractivity contribution in [1.29, 1.82) is 0 Å². The number of carbonyl (C=O) groups is 1. The van der Waals surface area contributed by atoms with Crippen LogP contribution in [0.1, 0.15) is 12.5 Å². The van der Waals surface area contributed by atoms with Gasteiger partial charge in [-0.2, -0.15) is 0 Å². The van der Waals surface area contributed by atoms with E-state index >= 15 is 0 Å². The summed E-state index contributed by atoms with van der Waals surface area (Å²) in [5, 5.41) is 0.0386. The van der Waals surface area contributed by atoms with Gasteiger partial charge in [0.05, 0.1) is 5.02 Å². The Hall–Kier alpha value is -0.930. The van der Waals surface area contributed by atoms with Crippen molar-refractivity contribution < 1.29 is 13.9 Å². The average Bonchev–Trinajstić information content (AvgIpc) is 2.22. The highest BCUT2D eigenvalue weighted by molar-refractivity contribution is 6.30. The number of ether oxygens (including phenoxy) is 1. The third kappa shape index (κ3) is 3.61. The lowest BCUT2D eigenvalue weighted by Gasteiger charge is -2.04. The first-order valence-corrected chi connectivity index (χ1v) is 5.05. The molecule has 0 saturated heterocycles. The van der Waals surface area contributed by atoms with Crippen molar-refractivity contribution in [2.24, 2.45) is 0 Å². The summed E-state index contributed by atoms with van der Waals surface area (Å²) in [6.45, 7) is 2.29. The minimum Gasteiger partial charge on any atom is -0.374 e. The molecule has 0 spiro atoms. The Labute approximate surface area is 93.0 Å². The lowest BCUT2D eigenvalue weighted by molar-refractivity contribution is -0.122. The average molecular weight is 231 g/mol. The standard InChI is InChI=1S/C11H12ClFO2/c1-2-15-7-9(14)6-8-4-3-5-10(12)11(8)13/h3-5H,2,6-7H2,1H3. The Morgan fingerprint density at radius 1 is 1.53 bits per heavy atom. The fourth-order valence-electron chi connectivity index (χ4n) is 1.16. The second kappa shape index (κ2) is 5.83. The van der Waals surface area contributed by atoms with Gasteiger partial charge in [0.15, 0.2) is 5.78 Å². The Balaban J connectivity index is 2.64. The zero-order valence-electron chi connectivity index (χ0n) is 8.43. The van der Waals surface area contributed by atoms with Crippen molar-refractivity contribution in [2.75, 3.05) is 13.2 Å². The largest absolute Gasteiger partial charge is 0.374 e. The fourth-order valence-corrected chi connectivity index (χ4v) is 1.36. The maximum Gasteiger partial charge on any atom is 0.162 e. The highest BCUT2D eigenvalue weighted by Crippen LogP contribution is 2.18. The molecular weight excluding hydrogens is 219 g/mol. The molecule has 0 aliphatic rings. The number of halogens is 2. The molecule has 0 unspecified atom stereocenters. The molecule has 0 radical (unpaired) electrons. The number of hydrogen-bond acceptors (Lipinski definition) is 2. The molecule has 0 aromatic heterocycles. The topological polar surface area (TPSA) is 26.3 Å². The monoisotopic (exact) mass is 230 g/mol. The summed E-state index contributed by atoms with van der Waals surface area (Å²) in [7, 11) is 0. The Bertz CT molecular complexity index is 352. The second-order valence-electron chi connectivity index (χ2n) is 3.07. The smallest absolute Gasteiger partial charge is 0.162 e. The molecule has 0 saturated carbocycles. The maximum absolute atomic E-state index is 13.4. The lowest BCUT2D eigenvalue weighted by atomic mass is 10.1. The molecule has 0 fully saturated rings. The van der Waals surface area contributed by atoms with Crippen LogP contribution in [0.5, 0.6) is 0 Å². The van der Waals surface area contributed by atoms with E-state index in [1.165, 1.54) is 6.07 Å². The van der Waals surface area contributed by atoms with Gasteiger partial charge in [-0.1, -0.05) is 23.7 Å². The predicted octanol–water partition coefficient (Wildman–Crippen LogP) is 2.63. The van der Waals surface area contributed by atoms with Crippen LogP contribution in [-0.4, -0.2) is 19.0 Å². The highest BCUT2D eigenvalue weighted by atomic mass is 35.5. The van der Waals surface area contributed by atoms with Crippen LogP contribution in [-0.2, 0) is 16.0 Å². The molecule has 0 aliphatic carbocycles. The third-order valence-electron chi connectivity index (χ3n) is 1.89. The number of Topliss-reactive ketones (excluding diaryl/α,β-unsaturated/α-hetero) is 1. The summed E-state index contributed by atoms with van der Waals surface area (Å²) in [6, 6.07) is 4.62. The minimum atomic E-state index is -0.524. The van der Waals surface area contributed by atoms with Crippen LogP contribution >= 0.6 is 11.6 Å². The van der Waals surface area contributed by atoms with Crippen LogP contribution in [0.2, 0.25) is 5.02 Å². The number of benzene rings is 1. The van der Waals surface area contributed by atoms with E-state index in [9.17, 15) is 9.18 Å². The van der Waals surface area contributed by atoms with Gasteiger partial charge >= 0.3 is 0 Å². The van der Waals surface area contributed by atoms with Gasteiger partial charge in [0.2, 0.25) is 0 Å². The van der Waals surface area contributed by atoms with E-state index in [1.807, 2.05) is 0 Å². The zero-order valence-corrected chi connectivity index (χ0v) is 9.18. The van der Waals surface area contributed by atoms with Crippen LogP contribution in [0, 0.1) is 5.82 Å². The van der Waals surface area contributed by atoms with Crippen LogP contribution in [0.15, 0.2) is 18.2 Å². The second-order valence-corrected chi connectivity index (χ2v) is 3.47. The molecule has 0 bridgehead atoms. The molecule has 15 heavy (non-hydrogen) atoms. The maximum atomic E-state index is 13.4. The van der Waals surface area contributed by atoms with Gasteiger partial charge in [-0.05, 0) is 18.6 Å². The molecule has 82 valence electrons. The Morgan fingerprint density at radius 2 is 2.27 bits per heavy atom. The fraction of sp³-hybridized carbons (Fsp3) is 0.364. The van der Waals surface area contributed by atoms with Gasteiger partial charge in [0, 0.05) is 13.0 Å². The predicted molar refractivity (Wildman–Crippen MR) is 56.6 cm³/mol. The summed E-state index contributed by atoms with van der Waals surface area (Å²) in [5.74, 6) is -0.679. The molecule has 0 amide bonds. The van der Waals surface area contributed by atoms with Crippen LogP contribution < -0.4 is 0 Å². The molecule has 0 N–H and O–H groups in total. The van der Waals surface area contributed by atoms with Crippen molar-refractivity contribution in [2.45, 2.75) is 13.3 Å². The van der Waals surface area contributed by atoms with E-state index < -0.39 is 5.82 Å². The van der Waals surface area contributed by atoms with Gasteiger partial charge in [-0.15, -0.1) is 0 Å². The first kappa shape index (κ1) is 12.1. The van der Waals surface area contributed by atoms with Crippen LogP contribution in [0.4, 0.5) is 4.39 Å². The summed E-state index contributed by atoms with van der Waals surface area (Å²) in [6.07, 6.45) is 0.0202. The quantitative estimate of drug-likeness (QED) is 0.777. The molecule has 2 nitrogen and oxygen atoms in total. The third-order valence-corrected chi connectivity index (χ3v) is 2.18. The minimum absolute atomic E-state index is 0.0163. The van der Waals surface area contributed by atoms with Gasteiger partial charge in [0.1, 0.15) is 12.4 Å². The summed E-state index contributed by atoms with van der Waals surface area (Å²) >= 11 is 5.58. The summed E-state index contributed by atoms with van der Waals surface area (Å²) in [4.78, 5) is 11.3. The van der Waals surface area contributed by atoms with E-state index in [2.05, 4.69) is 0 Å². The number of carbonyl (C=O) groups excluding carboxylic acids is 1. The normalized spacial score (nSPS) is 10.3. The molecule has 1 aromatic rings. The van der Waals surface area contributed by atoms with Gasteiger partial charge in [0.25, 0.3) is 0 Å². The molecule has 1 aromatic carbocycles. The van der Waals surface area contributed by atoms with E-state index in [-0.39, 0.29) is 23.8 Å². The highest BCUT2D eigenvalue weighted by Gasteiger charge is 2.10. The van der Waals surface area contributed by atoms with E-state index in [0.29, 0.717) is 12.2 Å². The Kier molecular flexibility index (Phi) is 4.72. The van der Waals surface area contributed by atoms with E-state index in [4.69, 9.17) is 16.3 Å². The number of ketones is 1. The summed E-state index contributed by atoms with van der Waals surface area (Å²) in [5.41, 5.74) is 0.312. The number of hydrogen-bond donors (Lipinski definition) is 0. The van der Waals surface area contributed by atoms with Crippen LogP contribution in [0.25, 0.3) is 0 Å². The molecule has 1 rings (SSSR count). The first-order chi connectivity index (χ1) is 7.15. The van der Waals surface area contributed by atoms with Crippen molar-refractivity contribution in [3.05, 3.63) is 34.6 Å². The van der Waals surface area contributed by atoms with Crippen molar-refractivity contribution in [3.63, 3.8) is 0 Å².